The van der Waals surface area contributed by atoms with E-state index in [0.29, 0.717) is 0 Å². The first-order chi connectivity index (χ1) is 10.2. The second-order valence-corrected chi connectivity index (χ2v) is 5.25. The average Bonchev–Trinajstić information content (AvgIpc) is 2.49. The highest BCUT2D eigenvalue weighted by Gasteiger charge is 2.25. The summed E-state index contributed by atoms with van der Waals surface area (Å²) in [5.74, 6) is 0. The lowest BCUT2D eigenvalue weighted by molar-refractivity contribution is -0.697. The first kappa shape index (κ1) is 13.4. The molecule has 0 bridgehead atoms. The van der Waals surface area contributed by atoms with Crippen molar-refractivity contribution in [1.82, 2.24) is 0 Å². The van der Waals surface area contributed by atoms with Gasteiger partial charge < -0.3 is 0 Å². The molecule has 0 amide bonds. The zero-order valence-corrected chi connectivity index (χ0v) is 12.7. The fourth-order valence-corrected chi connectivity index (χ4v) is 2.68. The van der Waals surface area contributed by atoms with Gasteiger partial charge in [-0.1, -0.05) is 0 Å². The number of pyridine rings is 3. The third kappa shape index (κ3) is 2.42. The van der Waals surface area contributed by atoms with Crippen LogP contribution < -0.4 is 13.7 Å². The van der Waals surface area contributed by atoms with Gasteiger partial charge in [-0.15, -0.1) is 0 Å². The smallest absolute Gasteiger partial charge is 0.196 e. The fraction of sp³-hybridized carbons (Fsp3) is 0.167. The van der Waals surface area contributed by atoms with E-state index in [1.54, 1.807) is 0 Å². The van der Waals surface area contributed by atoms with Crippen molar-refractivity contribution in [3.05, 3.63) is 67.0 Å². The van der Waals surface area contributed by atoms with E-state index >= 15 is 0 Å². The third-order valence-electron chi connectivity index (χ3n) is 3.87. The van der Waals surface area contributed by atoms with E-state index in [1.807, 2.05) is 12.1 Å². The van der Waals surface area contributed by atoms with Gasteiger partial charge in [-0.3, -0.25) is 0 Å². The summed E-state index contributed by atoms with van der Waals surface area (Å²) in [5.41, 5.74) is 4.78. The molecule has 0 aromatic carbocycles. The highest BCUT2D eigenvalue weighted by Crippen LogP contribution is 2.15. The van der Waals surface area contributed by atoms with Crippen LogP contribution in [0.4, 0.5) is 0 Å². The molecule has 0 aliphatic carbocycles. The van der Waals surface area contributed by atoms with Gasteiger partial charge in [0.1, 0.15) is 21.1 Å². The summed E-state index contributed by atoms with van der Waals surface area (Å²) in [6.07, 6.45) is 4.15. The molecule has 0 saturated carbocycles. The normalized spacial score (nSPS) is 10.6. The Morgan fingerprint density at radius 2 is 0.952 bits per heavy atom. The summed E-state index contributed by atoms with van der Waals surface area (Å²) in [4.78, 5) is 0. The molecule has 104 valence electrons. The van der Waals surface area contributed by atoms with E-state index in [9.17, 15) is 0 Å². The van der Waals surface area contributed by atoms with Crippen LogP contribution in [0.5, 0.6) is 0 Å². The maximum atomic E-state index is 2.24. The molecular weight excluding hydrogens is 258 g/mol. The predicted octanol–water partition coefficient (Wildman–Crippen LogP) is 1.49. The molecule has 3 nitrogen and oxygen atoms in total. The number of hydrogen-bond donors (Lipinski definition) is 0. The lowest BCUT2D eigenvalue weighted by atomic mass is 10.1. The van der Waals surface area contributed by atoms with Crippen LogP contribution in [0.25, 0.3) is 22.8 Å². The van der Waals surface area contributed by atoms with Gasteiger partial charge in [0.25, 0.3) is 22.8 Å². The fourth-order valence-electron chi connectivity index (χ4n) is 2.68. The van der Waals surface area contributed by atoms with Crippen molar-refractivity contribution < 1.29 is 13.7 Å². The lowest BCUT2D eigenvalue weighted by Crippen LogP contribution is -2.42. The van der Waals surface area contributed by atoms with Crippen LogP contribution in [0.15, 0.2) is 67.0 Å². The van der Waals surface area contributed by atoms with Crippen LogP contribution in [0.3, 0.4) is 0 Å². The lowest BCUT2D eigenvalue weighted by Gasteiger charge is -2.03. The Bertz CT molecular complexity index is 730. The molecule has 0 N–H and O–H groups in total. The number of rotatable bonds is 2. The van der Waals surface area contributed by atoms with E-state index < -0.39 is 0 Å². The molecule has 0 saturated heterocycles. The zero-order chi connectivity index (χ0) is 14.8. The summed E-state index contributed by atoms with van der Waals surface area (Å²) in [5, 5.41) is 0. The minimum atomic E-state index is 1.19. The van der Waals surface area contributed by atoms with E-state index in [1.165, 1.54) is 22.8 Å². The molecule has 0 fully saturated rings. The second kappa shape index (κ2) is 5.44. The molecular formula is C18H20N3+3. The van der Waals surface area contributed by atoms with Crippen LogP contribution in [-0.4, -0.2) is 0 Å². The summed E-state index contributed by atoms with van der Waals surface area (Å²) >= 11 is 0. The number of hydrogen-bond acceptors (Lipinski definition) is 0. The van der Waals surface area contributed by atoms with E-state index in [4.69, 9.17) is 0 Å². The monoisotopic (exact) mass is 278 g/mol. The number of aromatic nitrogens is 3. The molecule has 0 unspecified atom stereocenters. The van der Waals surface area contributed by atoms with Crippen LogP contribution >= 0.6 is 0 Å². The maximum absolute atomic E-state index is 2.24. The standard InChI is InChI=1S/C18H20N3/c1-19-13-6-4-9-15(19)17-11-8-12-18(21(17)3)16-10-5-7-14-20(16)2/h4-14H,1-3H3/q+3. The van der Waals surface area contributed by atoms with Gasteiger partial charge in [-0.25, -0.2) is 0 Å². The van der Waals surface area contributed by atoms with Crippen molar-refractivity contribution in [3.8, 4) is 22.8 Å². The molecule has 3 aromatic rings. The summed E-state index contributed by atoms with van der Waals surface area (Å²) < 4.78 is 6.53. The molecule has 0 aliphatic rings. The van der Waals surface area contributed by atoms with Gasteiger partial charge in [-0.2, -0.15) is 13.7 Å². The molecule has 0 atom stereocenters. The van der Waals surface area contributed by atoms with Crippen LogP contribution in [-0.2, 0) is 21.1 Å². The second-order valence-electron chi connectivity index (χ2n) is 5.25. The van der Waals surface area contributed by atoms with Crippen LogP contribution in [0, 0.1) is 0 Å². The predicted molar refractivity (Wildman–Crippen MR) is 80.8 cm³/mol. The van der Waals surface area contributed by atoms with Crippen LogP contribution in [0.2, 0.25) is 0 Å². The van der Waals surface area contributed by atoms with Crippen molar-refractivity contribution >= 4 is 0 Å². The van der Waals surface area contributed by atoms with E-state index in [-0.39, 0.29) is 0 Å². The van der Waals surface area contributed by atoms with Gasteiger partial charge in [0, 0.05) is 36.4 Å². The summed E-state index contributed by atoms with van der Waals surface area (Å²) in [7, 11) is 6.26. The zero-order valence-electron chi connectivity index (χ0n) is 12.7. The highest BCUT2D eigenvalue weighted by atomic mass is 15.0. The topological polar surface area (TPSA) is 11.6 Å². The summed E-state index contributed by atoms with van der Waals surface area (Å²) in [6, 6.07) is 19.0. The molecule has 3 heterocycles. The van der Waals surface area contributed by atoms with Crippen molar-refractivity contribution in [2.24, 2.45) is 21.1 Å². The number of nitrogens with zero attached hydrogens (tertiary/aromatic N) is 3. The number of aryl methyl sites for hydroxylation is 2. The minimum absolute atomic E-state index is 1.19. The molecule has 21 heavy (non-hydrogen) atoms. The SMILES string of the molecule is C[n+]1ccccc1-c1cccc(-c2cccc[n+]2C)[n+]1C. The van der Waals surface area contributed by atoms with Crippen molar-refractivity contribution in [2.45, 2.75) is 0 Å². The maximum Gasteiger partial charge on any atom is 0.277 e. The molecule has 3 aromatic heterocycles. The van der Waals surface area contributed by atoms with Gasteiger partial charge in [-0.05, 0) is 18.2 Å². The van der Waals surface area contributed by atoms with Gasteiger partial charge >= 0.3 is 0 Å². The summed E-state index contributed by atoms with van der Waals surface area (Å²) in [6.45, 7) is 0. The van der Waals surface area contributed by atoms with Gasteiger partial charge in [0.15, 0.2) is 12.4 Å². The molecule has 0 radical (unpaired) electrons. The highest BCUT2D eigenvalue weighted by molar-refractivity contribution is 5.52. The molecule has 0 aliphatic heterocycles. The van der Waals surface area contributed by atoms with Gasteiger partial charge in [0.2, 0.25) is 0 Å². The minimum Gasteiger partial charge on any atom is -0.196 e. The average molecular weight is 278 g/mol. The van der Waals surface area contributed by atoms with Crippen molar-refractivity contribution in [1.29, 1.82) is 0 Å². The Labute approximate surface area is 125 Å². The Morgan fingerprint density at radius 1 is 0.524 bits per heavy atom. The van der Waals surface area contributed by atoms with E-state index in [0.717, 1.165) is 0 Å². The Morgan fingerprint density at radius 3 is 1.38 bits per heavy atom. The first-order valence-electron chi connectivity index (χ1n) is 7.07. The largest absolute Gasteiger partial charge is 0.277 e. The van der Waals surface area contributed by atoms with Crippen molar-refractivity contribution in [3.63, 3.8) is 0 Å². The van der Waals surface area contributed by atoms with E-state index in [2.05, 4.69) is 89.7 Å². The van der Waals surface area contributed by atoms with Gasteiger partial charge in [0.05, 0.1) is 0 Å². The Hall–Kier alpha value is -2.55. The Balaban J connectivity index is 2.21. The first-order valence-corrected chi connectivity index (χ1v) is 7.07. The quantitative estimate of drug-likeness (QED) is 0.630. The molecule has 3 heteroatoms. The molecule has 3 rings (SSSR count). The third-order valence-corrected chi connectivity index (χ3v) is 3.87. The van der Waals surface area contributed by atoms with Crippen molar-refractivity contribution in [2.75, 3.05) is 0 Å². The van der Waals surface area contributed by atoms with Crippen LogP contribution in [0.1, 0.15) is 0 Å². The molecule has 0 spiro atoms. The Kier molecular flexibility index (Phi) is 3.48.